The average molecular weight is 248 g/mol. The zero-order valence-electron chi connectivity index (χ0n) is 9.19. The molecule has 1 N–H and O–H groups in total. The molecule has 1 aliphatic heterocycles. The van der Waals surface area contributed by atoms with E-state index in [-0.39, 0.29) is 12.4 Å². The highest BCUT2D eigenvalue weighted by Gasteiger charge is 2.14. The summed E-state index contributed by atoms with van der Waals surface area (Å²) >= 11 is 1.77. The quantitative estimate of drug-likeness (QED) is 0.868. The fourth-order valence-corrected chi connectivity index (χ4v) is 2.58. The fraction of sp³-hybridized carbons (Fsp3) is 0.700. The van der Waals surface area contributed by atoms with Crippen molar-refractivity contribution in [2.45, 2.75) is 19.8 Å². The van der Waals surface area contributed by atoms with E-state index in [1.54, 1.807) is 11.3 Å². The van der Waals surface area contributed by atoms with Crippen LogP contribution in [0.2, 0.25) is 0 Å². The van der Waals surface area contributed by atoms with Crippen molar-refractivity contribution in [2.24, 2.45) is 0 Å². The number of nitrogens with one attached hydrogen (secondary N) is 1. The summed E-state index contributed by atoms with van der Waals surface area (Å²) in [5.41, 5.74) is 1.23. The standard InChI is InChI=1S/C10H17N3S.ClH/c1-8(2)9-7-14-10(12-9)13-5-3-11-4-6-13;/h7-8,11H,3-6H2,1-2H3;1H. The van der Waals surface area contributed by atoms with Gasteiger partial charge >= 0.3 is 0 Å². The monoisotopic (exact) mass is 247 g/mol. The van der Waals surface area contributed by atoms with Crippen LogP contribution in [0.3, 0.4) is 0 Å². The summed E-state index contributed by atoms with van der Waals surface area (Å²) in [6.45, 7) is 8.72. The zero-order valence-corrected chi connectivity index (χ0v) is 10.8. The maximum absolute atomic E-state index is 4.65. The molecule has 1 fully saturated rings. The van der Waals surface area contributed by atoms with E-state index in [9.17, 15) is 0 Å². The third-order valence-corrected chi connectivity index (χ3v) is 3.41. The van der Waals surface area contributed by atoms with E-state index < -0.39 is 0 Å². The third-order valence-electron chi connectivity index (χ3n) is 2.49. The fourth-order valence-electron chi connectivity index (χ4n) is 1.54. The summed E-state index contributed by atoms with van der Waals surface area (Å²) in [7, 11) is 0. The van der Waals surface area contributed by atoms with Gasteiger partial charge in [-0.15, -0.1) is 23.7 Å². The second-order valence-corrected chi connectivity index (χ2v) is 4.78. The lowest BCUT2D eigenvalue weighted by Crippen LogP contribution is -2.43. The van der Waals surface area contributed by atoms with Gasteiger partial charge in [-0.25, -0.2) is 4.98 Å². The summed E-state index contributed by atoms with van der Waals surface area (Å²) in [6, 6.07) is 0. The van der Waals surface area contributed by atoms with E-state index in [1.165, 1.54) is 10.8 Å². The minimum atomic E-state index is 0. The molecule has 1 aromatic rings. The molecule has 1 aliphatic rings. The van der Waals surface area contributed by atoms with Gasteiger partial charge in [-0.2, -0.15) is 0 Å². The van der Waals surface area contributed by atoms with Gasteiger partial charge in [-0.1, -0.05) is 13.8 Å². The minimum Gasteiger partial charge on any atom is -0.346 e. The second-order valence-electron chi connectivity index (χ2n) is 3.95. The lowest BCUT2D eigenvalue weighted by molar-refractivity contribution is 0.587. The predicted molar refractivity (Wildman–Crippen MR) is 68.5 cm³/mol. The van der Waals surface area contributed by atoms with Crippen molar-refractivity contribution >= 4 is 28.9 Å². The number of halogens is 1. The molecule has 3 nitrogen and oxygen atoms in total. The second kappa shape index (κ2) is 5.68. The molecular formula is C10H18ClN3S. The lowest BCUT2D eigenvalue weighted by Gasteiger charge is -2.26. The SMILES string of the molecule is CC(C)c1csc(N2CCNCC2)n1.Cl. The van der Waals surface area contributed by atoms with Crippen molar-refractivity contribution in [3.05, 3.63) is 11.1 Å². The van der Waals surface area contributed by atoms with Gasteiger partial charge in [0.1, 0.15) is 0 Å². The molecule has 0 aromatic carbocycles. The summed E-state index contributed by atoms with van der Waals surface area (Å²) < 4.78 is 0. The Morgan fingerprint density at radius 1 is 1.40 bits per heavy atom. The molecule has 2 rings (SSSR count). The van der Waals surface area contributed by atoms with Crippen LogP contribution in [0.15, 0.2) is 5.38 Å². The first-order chi connectivity index (χ1) is 6.77. The third kappa shape index (κ3) is 3.06. The van der Waals surface area contributed by atoms with Gasteiger partial charge in [-0.3, -0.25) is 0 Å². The highest BCUT2D eigenvalue weighted by atomic mass is 35.5. The molecule has 0 atom stereocenters. The minimum absolute atomic E-state index is 0. The number of rotatable bonds is 2. The van der Waals surface area contributed by atoms with Crippen LogP contribution >= 0.6 is 23.7 Å². The van der Waals surface area contributed by atoms with E-state index in [4.69, 9.17) is 0 Å². The summed E-state index contributed by atoms with van der Waals surface area (Å²) in [5, 5.41) is 6.72. The smallest absolute Gasteiger partial charge is 0.185 e. The first kappa shape index (κ1) is 12.7. The van der Waals surface area contributed by atoms with Crippen molar-refractivity contribution in [2.75, 3.05) is 31.1 Å². The number of piperazine rings is 1. The van der Waals surface area contributed by atoms with Crippen LogP contribution < -0.4 is 10.2 Å². The summed E-state index contributed by atoms with van der Waals surface area (Å²) in [5.74, 6) is 0.544. The van der Waals surface area contributed by atoms with Gasteiger partial charge in [0.2, 0.25) is 0 Å². The Labute approximate surface area is 101 Å². The zero-order chi connectivity index (χ0) is 9.97. The maximum atomic E-state index is 4.65. The van der Waals surface area contributed by atoms with Crippen LogP contribution in [0.25, 0.3) is 0 Å². The Morgan fingerprint density at radius 2 is 2.07 bits per heavy atom. The van der Waals surface area contributed by atoms with Gasteiger partial charge < -0.3 is 10.2 Å². The molecule has 5 heteroatoms. The largest absolute Gasteiger partial charge is 0.346 e. The van der Waals surface area contributed by atoms with Crippen molar-refractivity contribution in [1.29, 1.82) is 0 Å². The van der Waals surface area contributed by atoms with Crippen LogP contribution in [0.4, 0.5) is 5.13 Å². The molecule has 15 heavy (non-hydrogen) atoms. The highest BCUT2D eigenvalue weighted by Crippen LogP contribution is 2.24. The average Bonchev–Trinajstić information content (AvgIpc) is 2.68. The molecule has 2 heterocycles. The molecule has 1 aromatic heterocycles. The molecule has 0 unspecified atom stereocenters. The number of nitrogens with zero attached hydrogens (tertiary/aromatic N) is 2. The molecule has 0 aliphatic carbocycles. The van der Waals surface area contributed by atoms with Gasteiger partial charge in [0, 0.05) is 31.6 Å². The molecule has 0 saturated carbocycles. The number of anilines is 1. The van der Waals surface area contributed by atoms with E-state index in [2.05, 4.69) is 34.4 Å². The van der Waals surface area contributed by atoms with Gasteiger partial charge in [-0.05, 0) is 5.92 Å². The van der Waals surface area contributed by atoms with Crippen molar-refractivity contribution in [3.63, 3.8) is 0 Å². The Balaban J connectivity index is 0.00000112. The van der Waals surface area contributed by atoms with Crippen LogP contribution in [-0.2, 0) is 0 Å². The van der Waals surface area contributed by atoms with E-state index in [0.29, 0.717) is 5.92 Å². The summed E-state index contributed by atoms with van der Waals surface area (Å²) in [6.07, 6.45) is 0. The maximum Gasteiger partial charge on any atom is 0.185 e. The molecular weight excluding hydrogens is 230 g/mol. The molecule has 1 saturated heterocycles. The van der Waals surface area contributed by atoms with Crippen molar-refractivity contribution in [1.82, 2.24) is 10.3 Å². The predicted octanol–water partition coefficient (Wildman–Crippen LogP) is 2.10. The van der Waals surface area contributed by atoms with Gasteiger partial charge in [0.05, 0.1) is 5.69 Å². The normalized spacial score (nSPS) is 16.6. The molecule has 0 amide bonds. The molecule has 0 radical (unpaired) electrons. The first-order valence-corrected chi connectivity index (χ1v) is 6.06. The molecule has 86 valence electrons. The van der Waals surface area contributed by atoms with Crippen LogP contribution in [0.1, 0.15) is 25.5 Å². The van der Waals surface area contributed by atoms with E-state index >= 15 is 0 Å². The number of thiazole rings is 1. The van der Waals surface area contributed by atoms with Crippen molar-refractivity contribution < 1.29 is 0 Å². The number of hydrogen-bond acceptors (Lipinski definition) is 4. The first-order valence-electron chi connectivity index (χ1n) is 5.18. The lowest BCUT2D eigenvalue weighted by atomic mass is 10.2. The van der Waals surface area contributed by atoms with Crippen molar-refractivity contribution in [3.8, 4) is 0 Å². The Hall–Kier alpha value is -0.320. The van der Waals surface area contributed by atoms with Gasteiger partial charge in [0.25, 0.3) is 0 Å². The highest BCUT2D eigenvalue weighted by molar-refractivity contribution is 7.13. The molecule has 0 spiro atoms. The van der Waals surface area contributed by atoms with E-state index in [0.717, 1.165) is 26.2 Å². The van der Waals surface area contributed by atoms with Crippen LogP contribution in [-0.4, -0.2) is 31.2 Å². The topological polar surface area (TPSA) is 28.2 Å². The van der Waals surface area contributed by atoms with Crippen LogP contribution in [0, 0.1) is 0 Å². The Bertz CT molecular complexity index is 295. The van der Waals surface area contributed by atoms with E-state index in [1.807, 2.05) is 0 Å². The number of aromatic nitrogens is 1. The summed E-state index contributed by atoms with van der Waals surface area (Å²) in [4.78, 5) is 7.02. The molecule has 0 bridgehead atoms. The number of hydrogen-bond donors (Lipinski definition) is 1. The van der Waals surface area contributed by atoms with Crippen LogP contribution in [0.5, 0.6) is 0 Å². The Kier molecular flexibility index (Phi) is 4.83. The Morgan fingerprint density at radius 3 is 2.60 bits per heavy atom. The van der Waals surface area contributed by atoms with Gasteiger partial charge in [0.15, 0.2) is 5.13 Å².